The van der Waals surface area contributed by atoms with Crippen LogP contribution in [0.2, 0.25) is 0 Å². The van der Waals surface area contributed by atoms with E-state index < -0.39 is 0 Å². The predicted molar refractivity (Wildman–Crippen MR) is 85.8 cm³/mol. The van der Waals surface area contributed by atoms with Gasteiger partial charge < -0.3 is 25.0 Å². The minimum atomic E-state index is -0.261. The molecule has 1 amide bonds. The Labute approximate surface area is 132 Å². The normalized spacial score (nSPS) is 14.5. The third kappa shape index (κ3) is 2.55. The Hall–Kier alpha value is -3.15. The van der Waals surface area contributed by atoms with Gasteiger partial charge in [-0.25, -0.2) is 0 Å². The summed E-state index contributed by atoms with van der Waals surface area (Å²) in [7, 11) is 3.05. The van der Waals surface area contributed by atoms with E-state index in [-0.39, 0.29) is 17.4 Å². The summed E-state index contributed by atoms with van der Waals surface area (Å²) in [4.78, 5) is 12.2. The second-order valence-electron chi connectivity index (χ2n) is 5.01. The van der Waals surface area contributed by atoms with Crippen LogP contribution in [0.15, 0.2) is 30.3 Å². The van der Waals surface area contributed by atoms with Crippen LogP contribution in [0.4, 0.5) is 5.69 Å². The van der Waals surface area contributed by atoms with Crippen LogP contribution >= 0.6 is 0 Å². The van der Waals surface area contributed by atoms with Crippen molar-refractivity contribution in [3.63, 3.8) is 0 Å². The molecule has 0 aliphatic carbocycles. The molecule has 0 unspecified atom stereocenters. The number of benzene rings is 2. The van der Waals surface area contributed by atoms with Gasteiger partial charge in [-0.1, -0.05) is 6.07 Å². The first-order valence-electron chi connectivity index (χ1n) is 6.85. The van der Waals surface area contributed by atoms with E-state index >= 15 is 0 Å². The fraction of sp³-hybridized carbons (Fsp3) is 0.118. The maximum atomic E-state index is 12.2. The molecule has 3 rings (SSSR count). The minimum absolute atomic E-state index is 0.213. The Morgan fingerprint density at radius 2 is 1.70 bits per heavy atom. The molecule has 2 aromatic rings. The van der Waals surface area contributed by atoms with Gasteiger partial charge in [0, 0.05) is 17.2 Å². The molecule has 1 heterocycles. The number of phenolic OH excluding ortho intramolecular Hbond substituents is 2. The van der Waals surface area contributed by atoms with Crippen LogP contribution in [0.5, 0.6) is 23.0 Å². The molecule has 0 saturated carbocycles. The van der Waals surface area contributed by atoms with Gasteiger partial charge in [0.2, 0.25) is 0 Å². The largest absolute Gasteiger partial charge is 0.504 e. The van der Waals surface area contributed by atoms with Crippen LogP contribution in [-0.4, -0.2) is 30.3 Å². The third-order valence-electron chi connectivity index (χ3n) is 3.62. The minimum Gasteiger partial charge on any atom is -0.504 e. The van der Waals surface area contributed by atoms with Gasteiger partial charge in [-0.2, -0.15) is 0 Å². The summed E-state index contributed by atoms with van der Waals surface area (Å²) < 4.78 is 10.5. The standard InChI is InChI=1S/C17H15NO5/c1-22-15-7-10-11(5-9-3-4-13(19)14(20)6-9)17(21)18-12(10)8-16(15)23-2/h3-8,19-20H,1-2H3,(H,18,21). The van der Waals surface area contributed by atoms with E-state index in [0.717, 1.165) is 0 Å². The molecule has 6 heteroatoms. The van der Waals surface area contributed by atoms with Gasteiger partial charge in [0.25, 0.3) is 5.91 Å². The van der Waals surface area contributed by atoms with Gasteiger partial charge in [0.1, 0.15) is 0 Å². The van der Waals surface area contributed by atoms with Gasteiger partial charge in [0.05, 0.1) is 19.9 Å². The van der Waals surface area contributed by atoms with E-state index in [1.165, 1.54) is 26.4 Å². The molecule has 0 fully saturated rings. The molecule has 118 valence electrons. The lowest BCUT2D eigenvalue weighted by molar-refractivity contribution is -0.110. The van der Waals surface area contributed by atoms with Gasteiger partial charge >= 0.3 is 0 Å². The van der Waals surface area contributed by atoms with E-state index in [0.29, 0.717) is 33.9 Å². The van der Waals surface area contributed by atoms with Crippen molar-refractivity contribution in [2.75, 3.05) is 19.5 Å². The number of carbonyl (C=O) groups is 1. The first-order valence-corrected chi connectivity index (χ1v) is 6.85. The van der Waals surface area contributed by atoms with Crippen molar-refractivity contribution in [3.8, 4) is 23.0 Å². The van der Waals surface area contributed by atoms with Gasteiger partial charge in [-0.05, 0) is 29.8 Å². The zero-order chi connectivity index (χ0) is 16.6. The summed E-state index contributed by atoms with van der Waals surface area (Å²) in [6.45, 7) is 0. The number of hydrogen-bond donors (Lipinski definition) is 3. The number of ether oxygens (including phenoxy) is 2. The first kappa shape index (κ1) is 14.8. The molecule has 3 N–H and O–H groups in total. The molecule has 0 bridgehead atoms. The Kier molecular flexibility index (Phi) is 3.57. The molecule has 6 nitrogen and oxygen atoms in total. The zero-order valence-electron chi connectivity index (χ0n) is 12.6. The average Bonchev–Trinajstić information content (AvgIpc) is 2.84. The fourth-order valence-electron chi connectivity index (χ4n) is 2.46. The summed E-state index contributed by atoms with van der Waals surface area (Å²) in [5.41, 5.74) is 2.33. The van der Waals surface area contributed by atoms with Crippen molar-refractivity contribution < 1.29 is 24.5 Å². The molecule has 1 aliphatic rings. The van der Waals surface area contributed by atoms with Crippen molar-refractivity contribution in [1.29, 1.82) is 0 Å². The number of fused-ring (bicyclic) bond motifs is 1. The highest BCUT2D eigenvalue weighted by atomic mass is 16.5. The van der Waals surface area contributed by atoms with Crippen LogP contribution in [0.25, 0.3) is 11.6 Å². The van der Waals surface area contributed by atoms with Gasteiger partial charge in [-0.3, -0.25) is 4.79 Å². The monoisotopic (exact) mass is 313 g/mol. The molecule has 0 atom stereocenters. The molecule has 0 aromatic heterocycles. The van der Waals surface area contributed by atoms with Gasteiger partial charge in [0.15, 0.2) is 23.0 Å². The van der Waals surface area contributed by atoms with Crippen LogP contribution in [0, 0.1) is 0 Å². The molecular formula is C17H15NO5. The van der Waals surface area contributed by atoms with E-state index in [1.54, 1.807) is 24.3 Å². The topological polar surface area (TPSA) is 88.0 Å². The van der Waals surface area contributed by atoms with Crippen LogP contribution in [0.1, 0.15) is 11.1 Å². The number of phenols is 2. The number of anilines is 1. The summed E-state index contributed by atoms with van der Waals surface area (Å²) in [5.74, 6) is 0.320. The quantitative estimate of drug-likeness (QED) is 0.599. The van der Waals surface area contributed by atoms with Crippen molar-refractivity contribution >= 4 is 23.2 Å². The summed E-state index contributed by atoms with van der Waals surface area (Å²) in [6.07, 6.45) is 1.63. The van der Waals surface area contributed by atoms with E-state index in [4.69, 9.17) is 9.47 Å². The van der Waals surface area contributed by atoms with Crippen LogP contribution in [0.3, 0.4) is 0 Å². The number of methoxy groups -OCH3 is 2. The maximum absolute atomic E-state index is 12.2. The van der Waals surface area contributed by atoms with Gasteiger partial charge in [-0.15, -0.1) is 0 Å². The van der Waals surface area contributed by atoms with E-state index in [9.17, 15) is 15.0 Å². The summed E-state index contributed by atoms with van der Waals surface area (Å²) in [5, 5.41) is 21.7. The lowest BCUT2D eigenvalue weighted by Crippen LogP contribution is -2.03. The first-order chi connectivity index (χ1) is 11.0. The van der Waals surface area contributed by atoms with E-state index in [1.807, 2.05) is 0 Å². The molecular weight excluding hydrogens is 298 g/mol. The van der Waals surface area contributed by atoms with E-state index in [2.05, 4.69) is 5.32 Å². The number of amides is 1. The average molecular weight is 313 g/mol. The SMILES string of the molecule is COc1cc2c(cc1OC)C(=Cc1ccc(O)c(O)c1)C(=O)N2. The Morgan fingerprint density at radius 3 is 2.35 bits per heavy atom. The molecule has 0 saturated heterocycles. The second-order valence-corrected chi connectivity index (χ2v) is 5.01. The number of aromatic hydroxyl groups is 2. The lowest BCUT2D eigenvalue weighted by Gasteiger charge is -2.09. The molecule has 1 aliphatic heterocycles. The second kappa shape index (κ2) is 5.57. The van der Waals surface area contributed by atoms with Crippen molar-refractivity contribution in [1.82, 2.24) is 0 Å². The number of carbonyl (C=O) groups excluding carboxylic acids is 1. The number of nitrogens with one attached hydrogen (secondary N) is 1. The summed E-state index contributed by atoms with van der Waals surface area (Å²) in [6, 6.07) is 7.77. The predicted octanol–water partition coefficient (Wildman–Crippen LogP) is 2.61. The summed E-state index contributed by atoms with van der Waals surface area (Å²) >= 11 is 0. The highest BCUT2D eigenvalue weighted by Gasteiger charge is 2.26. The van der Waals surface area contributed by atoms with Crippen molar-refractivity contribution in [3.05, 3.63) is 41.5 Å². The molecule has 2 aromatic carbocycles. The molecule has 0 spiro atoms. The molecule has 23 heavy (non-hydrogen) atoms. The fourth-order valence-corrected chi connectivity index (χ4v) is 2.46. The zero-order valence-corrected chi connectivity index (χ0v) is 12.6. The lowest BCUT2D eigenvalue weighted by atomic mass is 10.0. The molecule has 0 radical (unpaired) electrons. The smallest absolute Gasteiger partial charge is 0.256 e. The Bertz CT molecular complexity index is 826. The Morgan fingerprint density at radius 1 is 1.00 bits per heavy atom. The third-order valence-corrected chi connectivity index (χ3v) is 3.62. The number of hydrogen-bond acceptors (Lipinski definition) is 5. The van der Waals surface area contributed by atoms with Crippen molar-refractivity contribution in [2.24, 2.45) is 0 Å². The maximum Gasteiger partial charge on any atom is 0.256 e. The highest BCUT2D eigenvalue weighted by molar-refractivity contribution is 6.35. The highest BCUT2D eigenvalue weighted by Crippen LogP contribution is 2.41. The van der Waals surface area contributed by atoms with Crippen LogP contribution in [-0.2, 0) is 4.79 Å². The Balaban J connectivity index is 2.10. The van der Waals surface area contributed by atoms with Crippen LogP contribution < -0.4 is 14.8 Å². The van der Waals surface area contributed by atoms with Crippen molar-refractivity contribution in [2.45, 2.75) is 0 Å². The number of rotatable bonds is 3.